The molecular formula is C43H46N4O4+2. The number of phenols is 1. The molecule has 0 radical (unpaired) electrons. The molecular weight excluding hydrogens is 636 g/mol. The lowest BCUT2D eigenvalue weighted by Crippen LogP contribution is -2.74. The van der Waals surface area contributed by atoms with E-state index >= 15 is 0 Å². The fraction of sp³-hybridized carbons (Fsp3) is 0.395. The van der Waals surface area contributed by atoms with Crippen molar-refractivity contribution in [1.29, 1.82) is 0 Å². The van der Waals surface area contributed by atoms with Gasteiger partial charge in [0, 0.05) is 53.5 Å². The summed E-state index contributed by atoms with van der Waals surface area (Å²) in [7, 11) is 1.71. The van der Waals surface area contributed by atoms with Crippen LogP contribution in [0.1, 0.15) is 92.6 Å². The number of allylic oxidation sites excluding steroid dienone is 2. The highest BCUT2D eigenvalue weighted by molar-refractivity contribution is 6.22. The highest BCUT2D eigenvalue weighted by Crippen LogP contribution is 2.53. The predicted octanol–water partition coefficient (Wildman–Crippen LogP) is 3.22. The molecule has 1 unspecified atom stereocenters. The number of methoxy groups -OCH3 is 1. The third-order valence-corrected chi connectivity index (χ3v) is 13.4. The summed E-state index contributed by atoms with van der Waals surface area (Å²) in [5.41, 5.74) is 14.5. The fourth-order valence-electron chi connectivity index (χ4n) is 11.3. The summed E-state index contributed by atoms with van der Waals surface area (Å²) < 4.78 is 16.6. The lowest BCUT2D eigenvalue weighted by molar-refractivity contribution is -0.589. The van der Waals surface area contributed by atoms with Crippen LogP contribution in [0.25, 0.3) is 34.7 Å². The number of aliphatic hydroxyl groups is 2. The second-order valence-corrected chi connectivity index (χ2v) is 15.0. The lowest BCUT2D eigenvalue weighted by atomic mass is 9.73. The van der Waals surface area contributed by atoms with Gasteiger partial charge in [-0.25, -0.2) is 0 Å². The summed E-state index contributed by atoms with van der Waals surface area (Å²) in [6.45, 7) is 13.8. The molecule has 0 aliphatic carbocycles. The van der Waals surface area contributed by atoms with Crippen molar-refractivity contribution in [3.05, 3.63) is 95.5 Å². The molecule has 2 aromatic carbocycles. The van der Waals surface area contributed by atoms with E-state index in [-0.39, 0.29) is 24.4 Å². The highest BCUT2D eigenvalue weighted by Gasteiger charge is 2.74. The zero-order valence-electron chi connectivity index (χ0n) is 30.7. The van der Waals surface area contributed by atoms with E-state index in [9.17, 15) is 15.3 Å². The van der Waals surface area contributed by atoms with Crippen molar-refractivity contribution in [2.75, 3.05) is 20.3 Å². The van der Waals surface area contributed by atoms with Crippen LogP contribution in [0.4, 0.5) is 0 Å². The number of aromatic hydroxyl groups is 1. The van der Waals surface area contributed by atoms with Crippen LogP contribution in [-0.2, 0) is 24.2 Å². The molecule has 2 aromatic heterocycles. The van der Waals surface area contributed by atoms with Crippen LogP contribution >= 0.6 is 0 Å². The number of aliphatic hydroxyl groups excluding tert-OH is 2. The smallest absolute Gasteiger partial charge is 0.508 e. The number of hydrogen-bond donors (Lipinski definition) is 3. The molecule has 0 bridgehead atoms. The second-order valence-electron chi connectivity index (χ2n) is 15.0. The van der Waals surface area contributed by atoms with Crippen LogP contribution < -0.4 is 30.6 Å². The molecule has 0 saturated heterocycles. The normalized spacial score (nSPS) is 20.6. The van der Waals surface area contributed by atoms with Gasteiger partial charge in [-0.15, -0.1) is 0 Å². The summed E-state index contributed by atoms with van der Waals surface area (Å²) in [5.74, 6) is 0.0193. The maximum absolute atomic E-state index is 11.0. The first-order valence-electron chi connectivity index (χ1n) is 18.8. The molecule has 0 saturated carbocycles. The summed E-state index contributed by atoms with van der Waals surface area (Å²) in [6, 6.07) is 6.02. The van der Waals surface area contributed by atoms with E-state index in [1.165, 1.54) is 77.7 Å². The molecule has 1 atom stereocenters. The number of fused-ring (bicyclic) bond motifs is 2. The van der Waals surface area contributed by atoms with Crippen molar-refractivity contribution in [3.63, 3.8) is 0 Å². The van der Waals surface area contributed by atoms with Crippen LogP contribution in [0.3, 0.4) is 0 Å². The summed E-state index contributed by atoms with van der Waals surface area (Å²) in [5, 5.41) is 38.7. The van der Waals surface area contributed by atoms with Crippen molar-refractivity contribution in [2.24, 2.45) is 0 Å². The average Bonchev–Trinajstić information content (AvgIpc) is 3.80. The quantitative estimate of drug-likeness (QED) is 0.237. The maximum Gasteiger partial charge on any atom is 0.553 e. The van der Waals surface area contributed by atoms with Crippen molar-refractivity contribution in [1.82, 2.24) is 13.7 Å². The van der Waals surface area contributed by atoms with Gasteiger partial charge < -0.3 is 20.1 Å². The van der Waals surface area contributed by atoms with Gasteiger partial charge in [0.2, 0.25) is 22.5 Å². The van der Waals surface area contributed by atoms with Gasteiger partial charge >= 0.3 is 5.91 Å². The van der Waals surface area contributed by atoms with E-state index in [0.29, 0.717) is 18.6 Å². The summed E-state index contributed by atoms with van der Waals surface area (Å²) in [6.07, 6.45) is 11.9. The Morgan fingerprint density at radius 3 is 2.18 bits per heavy atom. The molecule has 4 aromatic rings. The van der Waals surface area contributed by atoms with Crippen molar-refractivity contribution in [3.8, 4) is 11.5 Å². The minimum atomic E-state index is -0.854. The van der Waals surface area contributed by atoms with Crippen LogP contribution in [0.15, 0.2) is 35.0 Å². The lowest BCUT2D eigenvalue weighted by Gasteiger charge is -2.39. The Hall–Kier alpha value is -4.66. The minimum absolute atomic E-state index is 0.0694. The van der Waals surface area contributed by atoms with Gasteiger partial charge in [-0.05, 0) is 98.2 Å². The van der Waals surface area contributed by atoms with Gasteiger partial charge in [0.05, 0.1) is 34.6 Å². The molecule has 0 amide bonds. The number of phenolic OH excluding ortho intramolecular Hbond substituents is 1. The molecule has 0 fully saturated rings. The third-order valence-electron chi connectivity index (χ3n) is 13.4. The second kappa shape index (κ2) is 10.0. The Morgan fingerprint density at radius 2 is 1.51 bits per heavy atom. The van der Waals surface area contributed by atoms with Crippen molar-refractivity contribution < 1.29 is 24.6 Å². The number of ether oxygens (including phenoxy) is 1. The summed E-state index contributed by atoms with van der Waals surface area (Å²) >= 11 is 0. The van der Waals surface area contributed by atoms with Crippen LogP contribution in [0, 0.1) is 13.8 Å². The molecule has 6 aliphatic rings. The molecule has 8 nitrogen and oxygen atoms in total. The molecule has 6 aliphatic heterocycles. The molecule has 1 spiro atoms. The minimum Gasteiger partial charge on any atom is -0.508 e. The fourth-order valence-corrected chi connectivity index (χ4v) is 11.3. The first-order chi connectivity index (χ1) is 24.7. The Morgan fingerprint density at radius 1 is 0.784 bits per heavy atom. The standard InChI is InChI=1S/C43H45N4O4/c1-8-26-27(9-2)40-39-38-24(16-25(50)18-36(38)51-7)17-30-41(39)47-37(42(30,10-3)11-4)21-32-23(6)29(13-15-49)35-20-34-28(12-14-48)22(5)31-19-33(26)46(40)43(47,44(31)34)45(32)35/h16-21,48-49H,8-15H2,1-7H3/q+1/p+1. The van der Waals surface area contributed by atoms with Gasteiger partial charge in [0.1, 0.15) is 16.7 Å². The molecule has 10 rings (SSSR count). The van der Waals surface area contributed by atoms with Gasteiger partial charge in [-0.2, -0.15) is 9.13 Å². The van der Waals surface area contributed by atoms with E-state index in [1.54, 1.807) is 13.2 Å². The topological polar surface area (TPSA) is 85.8 Å². The Bertz CT molecular complexity index is 2730. The van der Waals surface area contributed by atoms with Crippen LogP contribution in [0.2, 0.25) is 0 Å². The maximum atomic E-state index is 11.0. The summed E-state index contributed by atoms with van der Waals surface area (Å²) in [4.78, 5) is 0. The number of aromatic nitrogens is 2. The number of nitrogens with zero attached hydrogens (tertiary/aromatic N) is 4. The van der Waals surface area contributed by atoms with Crippen molar-refractivity contribution in [2.45, 2.75) is 91.4 Å². The van der Waals surface area contributed by atoms with Crippen molar-refractivity contribution >= 4 is 40.4 Å². The average molecular weight is 683 g/mol. The SMILES string of the molecule is CCC1=C(CC)C2=[N+]3C1=c1c4c(cc5cc(O)cc(OC)c15)C(CC)(CC)C1=Cc5c(C)c(CCO)c6n5C3(n3c(c(C)c(CCO)c3=C6)=C2)[N+]=41. The molecule has 8 heteroatoms. The van der Waals surface area contributed by atoms with Crippen LogP contribution in [-0.4, -0.2) is 55.1 Å². The van der Waals surface area contributed by atoms with E-state index < -0.39 is 5.91 Å². The molecule has 51 heavy (non-hydrogen) atoms. The van der Waals surface area contributed by atoms with E-state index in [4.69, 9.17) is 4.74 Å². The monoisotopic (exact) mass is 682 g/mol. The number of benzene rings is 2. The number of hydrogen-bond acceptors (Lipinski definition) is 4. The predicted molar refractivity (Wildman–Crippen MR) is 200 cm³/mol. The zero-order chi connectivity index (χ0) is 35.5. The largest absolute Gasteiger partial charge is 0.553 e. The van der Waals surface area contributed by atoms with E-state index in [1.807, 2.05) is 6.07 Å². The first-order valence-corrected chi connectivity index (χ1v) is 18.8. The Balaban J connectivity index is 1.60. The molecule has 3 N–H and O–H groups in total. The van der Waals surface area contributed by atoms with E-state index in [0.717, 1.165) is 47.5 Å². The van der Waals surface area contributed by atoms with Gasteiger partial charge in [-0.1, -0.05) is 36.8 Å². The van der Waals surface area contributed by atoms with Gasteiger partial charge in [0.15, 0.2) is 0 Å². The van der Waals surface area contributed by atoms with E-state index in [2.05, 4.69) is 84.1 Å². The first kappa shape index (κ1) is 31.1. The zero-order valence-corrected chi connectivity index (χ0v) is 30.7. The van der Waals surface area contributed by atoms with Crippen LogP contribution in [0.5, 0.6) is 11.5 Å². The number of rotatable bonds is 9. The van der Waals surface area contributed by atoms with Gasteiger partial charge in [-0.3, -0.25) is 0 Å². The molecule has 260 valence electrons. The van der Waals surface area contributed by atoms with Gasteiger partial charge in [0.25, 0.3) is 0 Å². The highest BCUT2D eigenvalue weighted by atomic mass is 16.5. The Kier molecular flexibility index (Phi) is 6.11. The molecule has 8 heterocycles. The Labute approximate surface area is 296 Å². The third kappa shape index (κ3) is 3.12.